The molecule has 2 aromatic heterocycles. The van der Waals surface area contributed by atoms with E-state index in [0.29, 0.717) is 24.4 Å². The second-order valence-corrected chi connectivity index (χ2v) is 9.14. The van der Waals surface area contributed by atoms with Gasteiger partial charge >= 0.3 is 5.97 Å². The van der Waals surface area contributed by atoms with Gasteiger partial charge in [-0.15, -0.1) is 0 Å². The quantitative estimate of drug-likeness (QED) is 0.630. The van der Waals surface area contributed by atoms with Crippen LogP contribution in [0.3, 0.4) is 0 Å². The Bertz CT molecular complexity index is 1150. The predicted molar refractivity (Wildman–Crippen MR) is 123 cm³/mol. The van der Waals surface area contributed by atoms with Crippen LogP contribution in [-0.2, 0) is 14.3 Å². The number of hydrogen-bond acceptors (Lipinski definition) is 6. The minimum absolute atomic E-state index is 0.0769. The summed E-state index contributed by atoms with van der Waals surface area (Å²) in [6.07, 6.45) is 3.89. The number of esters is 1. The minimum Gasteiger partial charge on any atom is -0.464 e. The lowest BCUT2D eigenvalue weighted by atomic mass is 9.94. The lowest BCUT2D eigenvalue weighted by Gasteiger charge is -2.29. The van der Waals surface area contributed by atoms with Gasteiger partial charge in [0.05, 0.1) is 18.0 Å². The number of likely N-dealkylation sites (tertiary alicyclic amines) is 1. The van der Waals surface area contributed by atoms with Gasteiger partial charge in [0.1, 0.15) is 23.8 Å². The molecule has 2 atom stereocenters. The van der Waals surface area contributed by atoms with E-state index >= 15 is 0 Å². The summed E-state index contributed by atoms with van der Waals surface area (Å²) in [5, 5.41) is 0.770. The summed E-state index contributed by atoms with van der Waals surface area (Å²) in [5.41, 5.74) is 8.25. The molecule has 3 aromatic rings. The van der Waals surface area contributed by atoms with Crippen LogP contribution >= 0.6 is 0 Å². The van der Waals surface area contributed by atoms with E-state index in [1.54, 1.807) is 11.8 Å². The molecule has 1 fully saturated rings. The lowest BCUT2D eigenvalue weighted by molar-refractivity contribution is -0.155. The predicted octanol–water partition coefficient (Wildman–Crippen LogP) is 3.43. The molecule has 1 aromatic carbocycles. The molecule has 0 bridgehead atoms. The first-order chi connectivity index (χ1) is 15.2. The number of nitrogen functional groups attached to an aromatic ring is 1. The first kappa shape index (κ1) is 21.8. The third kappa shape index (κ3) is 3.81. The molecular weight excluding hydrogens is 406 g/mol. The number of hydrogen-bond donors (Lipinski definition) is 1. The Morgan fingerprint density at radius 2 is 1.91 bits per heavy atom. The van der Waals surface area contributed by atoms with E-state index in [1.165, 1.54) is 6.33 Å². The number of anilines is 1. The van der Waals surface area contributed by atoms with Crippen LogP contribution in [0.1, 0.15) is 40.2 Å². The molecule has 8 heteroatoms. The number of rotatable bonds is 4. The molecule has 168 valence electrons. The first-order valence-electron chi connectivity index (χ1n) is 10.9. The Balaban J connectivity index is 1.80. The van der Waals surface area contributed by atoms with Crippen molar-refractivity contribution in [1.82, 2.24) is 19.4 Å². The van der Waals surface area contributed by atoms with Crippen LogP contribution < -0.4 is 5.73 Å². The standard InChI is InChI=1S/C24H29N5O3/c1-5-32-22(30)18-11-16(12-29(18)23(31)24(2,3)4)28-13-17(15-9-7-6-8-10-15)19-20(25)26-14-27-21(19)28/h6-10,13-14,16,18H,5,11-12H2,1-4H3,(H2,25,26,27)/t16-,18+/m0/s1. The summed E-state index contributed by atoms with van der Waals surface area (Å²) < 4.78 is 7.32. The fourth-order valence-corrected chi connectivity index (χ4v) is 4.36. The van der Waals surface area contributed by atoms with E-state index in [0.717, 1.165) is 16.5 Å². The highest BCUT2D eigenvalue weighted by molar-refractivity contribution is 6.00. The zero-order valence-corrected chi connectivity index (χ0v) is 18.9. The van der Waals surface area contributed by atoms with Crippen LogP contribution in [-0.4, -0.2) is 50.5 Å². The van der Waals surface area contributed by atoms with E-state index in [2.05, 4.69) is 9.97 Å². The number of fused-ring (bicyclic) bond motifs is 1. The number of aromatic nitrogens is 3. The Kier molecular flexibility index (Phi) is 5.62. The molecule has 4 rings (SSSR count). The molecule has 0 radical (unpaired) electrons. The zero-order chi connectivity index (χ0) is 23.0. The Morgan fingerprint density at radius 3 is 2.56 bits per heavy atom. The van der Waals surface area contributed by atoms with Gasteiger partial charge in [0, 0.05) is 30.1 Å². The van der Waals surface area contributed by atoms with Crippen molar-refractivity contribution in [1.29, 1.82) is 0 Å². The molecule has 0 unspecified atom stereocenters. The fraction of sp³-hybridized carbons (Fsp3) is 0.417. The number of carbonyl (C=O) groups excluding carboxylic acids is 2. The minimum atomic E-state index is -0.636. The topological polar surface area (TPSA) is 103 Å². The SMILES string of the molecule is CCOC(=O)[C@H]1C[C@H](n2cc(-c3ccccc3)c3c(N)ncnc32)CN1C(=O)C(C)(C)C. The van der Waals surface area contributed by atoms with E-state index in [9.17, 15) is 9.59 Å². The van der Waals surface area contributed by atoms with Gasteiger partial charge in [0.15, 0.2) is 0 Å². The van der Waals surface area contributed by atoms with Crippen molar-refractivity contribution in [3.63, 3.8) is 0 Å². The molecule has 0 spiro atoms. The third-order valence-corrected chi connectivity index (χ3v) is 5.86. The van der Waals surface area contributed by atoms with Crippen LogP contribution in [0, 0.1) is 5.41 Å². The maximum Gasteiger partial charge on any atom is 0.328 e. The maximum absolute atomic E-state index is 13.2. The molecule has 32 heavy (non-hydrogen) atoms. The number of amides is 1. The Morgan fingerprint density at radius 1 is 1.19 bits per heavy atom. The monoisotopic (exact) mass is 435 g/mol. The fourth-order valence-electron chi connectivity index (χ4n) is 4.36. The highest BCUT2D eigenvalue weighted by Crippen LogP contribution is 2.38. The molecule has 8 nitrogen and oxygen atoms in total. The molecule has 1 amide bonds. The number of benzene rings is 1. The maximum atomic E-state index is 13.2. The van der Waals surface area contributed by atoms with E-state index < -0.39 is 11.5 Å². The molecule has 0 saturated carbocycles. The van der Waals surface area contributed by atoms with E-state index in [4.69, 9.17) is 10.5 Å². The molecule has 3 heterocycles. The third-order valence-electron chi connectivity index (χ3n) is 5.86. The summed E-state index contributed by atoms with van der Waals surface area (Å²) in [6.45, 7) is 8.01. The summed E-state index contributed by atoms with van der Waals surface area (Å²) in [5.74, 6) is -0.0522. The number of ether oxygens (including phenoxy) is 1. The largest absolute Gasteiger partial charge is 0.464 e. The van der Waals surface area contributed by atoms with Gasteiger partial charge < -0.3 is 19.9 Å². The van der Waals surface area contributed by atoms with Crippen molar-refractivity contribution in [3.05, 3.63) is 42.9 Å². The summed E-state index contributed by atoms with van der Waals surface area (Å²) in [7, 11) is 0. The number of nitrogens with zero attached hydrogens (tertiary/aromatic N) is 4. The van der Waals surface area contributed by atoms with Crippen LogP contribution in [0.15, 0.2) is 42.9 Å². The lowest BCUT2D eigenvalue weighted by Crippen LogP contribution is -2.46. The van der Waals surface area contributed by atoms with Gasteiger partial charge in [-0.3, -0.25) is 4.79 Å². The number of nitrogens with two attached hydrogens (primary N) is 1. The van der Waals surface area contributed by atoms with Crippen molar-refractivity contribution < 1.29 is 14.3 Å². The normalized spacial score (nSPS) is 18.8. The van der Waals surface area contributed by atoms with E-state index in [-0.39, 0.29) is 24.5 Å². The van der Waals surface area contributed by atoms with Crippen LogP contribution in [0.2, 0.25) is 0 Å². The van der Waals surface area contributed by atoms with Crippen molar-refractivity contribution in [2.24, 2.45) is 5.41 Å². The van der Waals surface area contributed by atoms with Crippen molar-refractivity contribution in [2.75, 3.05) is 18.9 Å². The van der Waals surface area contributed by atoms with Gasteiger partial charge in [0.2, 0.25) is 5.91 Å². The second-order valence-electron chi connectivity index (χ2n) is 9.14. The highest BCUT2D eigenvalue weighted by atomic mass is 16.5. The second kappa shape index (κ2) is 8.26. The van der Waals surface area contributed by atoms with Crippen LogP contribution in [0.5, 0.6) is 0 Å². The van der Waals surface area contributed by atoms with Crippen molar-refractivity contribution >= 4 is 28.7 Å². The smallest absolute Gasteiger partial charge is 0.328 e. The van der Waals surface area contributed by atoms with Crippen molar-refractivity contribution in [3.8, 4) is 11.1 Å². The molecule has 1 aliphatic heterocycles. The molecule has 2 N–H and O–H groups in total. The van der Waals surface area contributed by atoms with Crippen LogP contribution in [0.25, 0.3) is 22.2 Å². The van der Waals surface area contributed by atoms with Gasteiger partial charge in [-0.1, -0.05) is 51.1 Å². The summed E-state index contributed by atoms with van der Waals surface area (Å²) >= 11 is 0. The Hall–Kier alpha value is -3.42. The van der Waals surface area contributed by atoms with Crippen LogP contribution in [0.4, 0.5) is 5.82 Å². The first-order valence-corrected chi connectivity index (χ1v) is 10.9. The van der Waals surface area contributed by atoms with Gasteiger partial charge in [0.25, 0.3) is 0 Å². The molecule has 1 saturated heterocycles. The van der Waals surface area contributed by atoms with Crippen molar-refractivity contribution in [2.45, 2.75) is 46.2 Å². The van der Waals surface area contributed by atoms with Gasteiger partial charge in [-0.2, -0.15) is 0 Å². The summed E-state index contributed by atoms with van der Waals surface area (Å²) in [4.78, 5) is 36.3. The molecule has 1 aliphatic rings. The van der Waals surface area contributed by atoms with Gasteiger partial charge in [-0.05, 0) is 12.5 Å². The molecule has 0 aliphatic carbocycles. The number of carbonyl (C=O) groups is 2. The molecular formula is C24H29N5O3. The summed E-state index contributed by atoms with van der Waals surface area (Å²) in [6, 6.07) is 9.13. The highest BCUT2D eigenvalue weighted by Gasteiger charge is 2.44. The average molecular weight is 436 g/mol. The van der Waals surface area contributed by atoms with E-state index in [1.807, 2.05) is 61.9 Å². The Labute approximate surface area is 187 Å². The zero-order valence-electron chi connectivity index (χ0n) is 18.9. The van der Waals surface area contributed by atoms with Gasteiger partial charge in [-0.25, -0.2) is 14.8 Å². The average Bonchev–Trinajstić information content (AvgIpc) is 3.36.